The van der Waals surface area contributed by atoms with E-state index < -0.39 is 34.9 Å². The molecule has 2 fully saturated rings. The van der Waals surface area contributed by atoms with E-state index in [-0.39, 0.29) is 48.9 Å². The van der Waals surface area contributed by atoms with Crippen LogP contribution in [0.25, 0.3) is 0 Å². The van der Waals surface area contributed by atoms with Gasteiger partial charge in [-0.2, -0.15) is 9.35 Å². The molecule has 0 radical (unpaired) electrons. The first-order valence-corrected chi connectivity index (χ1v) is 6.16. The van der Waals surface area contributed by atoms with Crippen molar-refractivity contribution in [2.75, 3.05) is 6.54 Å². The number of carbonyl (C=O) groups is 1. The predicted molar refractivity (Wildman–Crippen MR) is 47.5 cm³/mol. The van der Waals surface area contributed by atoms with Gasteiger partial charge in [0.1, 0.15) is 0 Å². The second-order valence-electron chi connectivity index (χ2n) is 3.88. The van der Waals surface area contributed by atoms with Crippen molar-refractivity contribution in [1.82, 2.24) is 9.96 Å². The summed E-state index contributed by atoms with van der Waals surface area (Å²) in [5.41, 5.74) is 0. The molecule has 11 heteroatoms. The Hall–Kier alpha value is -0.000000000000000222. The summed E-state index contributed by atoms with van der Waals surface area (Å²) in [4.78, 5) is 12.4. The smallest absolute Gasteiger partial charge is 0.724 e. The molecule has 0 aromatic carbocycles. The summed E-state index contributed by atoms with van der Waals surface area (Å²) in [7, 11) is -5.08. The number of fused-ring (bicyclic) bond motifs is 2. The maximum atomic E-state index is 12.6. The maximum Gasteiger partial charge on any atom is 1.00 e. The molecule has 2 amide bonds. The number of amides is 2. The van der Waals surface area contributed by atoms with Gasteiger partial charge in [-0.05, 0) is 12.8 Å². The number of nitrogens with zero attached hydrogens (tertiary/aromatic N) is 2. The van der Waals surface area contributed by atoms with E-state index in [1.807, 2.05) is 0 Å². The second-order valence-corrected chi connectivity index (χ2v) is 4.84. The minimum absolute atomic E-state index is 0. The number of halogens is 2. The Morgan fingerprint density at radius 2 is 2.00 bits per heavy atom. The molecule has 0 saturated carbocycles. The van der Waals surface area contributed by atoms with Gasteiger partial charge < -0.3 is 9.45 Å². The molecule has 2 heterocycles. The Kier molecular flexibility index (Phi) is 4.95. The molecule has 2 bridgehead atoms. The van der Waals surface area contributed by atoms with Gasteiger partial charge in [0.25, 0.3) is 6.43 Å². The zero-order chi connectivity index (χ0) is 12.8. The molecule has 2 unspecified atom stereocenters. The van der Waals surface area contributed by atoms with E-state index in [4.69, 9.17) is 0 Å². The number of hydrogen-bond donors (Lipinski definition) is 0. The monoisotopic (exact) mass is 294 g/mol. The van der Waals surface area contributed by atoms with Crippen molar-refractivity contribution in [3.63, 3.8) is 0 Å². The molecule has 18 heavy (non-hydrogen) atoms. The van der Waals surface area contributed by atoms with E-state index >= 15 is 0 Å². The fraction of sp³-hybridized carbons (Fsp3) is 0.857. The summed E-state index contributed by atoms with van der Waals surface area (Å²) >= 11 is 0. The van der Waals surface area contributed by atoms with E-state index in [0.29, 0.717) is 5.06 Å². The van der Waals surface area contributed by atoms with Gasteiger partial charge >= 0.3 is 35.6 Å². The topological polar surface area (TPSA) is 90.0 Å². The summed E-state index contributed by atoms with van der Waals surface area (Å²) in [6, 6.07) is -2.92. The number of hydroxylamine groups is 2. The normalized spacial score (nSPS) is 27.7. The minimum atomic E-state index is -5.08. The molecule has 2 aliphatic rings. The predicted octanol–water partition coefficient (Wildman–Crippen LogP) is -3.08. The SMILES string of the molecule is O=C1N2CC(CCC2C(F)F)N1OS(=O)(=O)[O-].[Na+]. The van der Waals surface area contributed by atoms with Gasteiger partial charge in [-0.1, -0.05) is 0 Å². The first kappa shape index (κ1) is 16.1. The molecule has 7 nitrogen and oxygen atoms in total. The van der Waals surface area contributed by atoms with E-state index in [1.54, 1.807) is 0 Å². The Morgan fingerprint density at radius 3 is 2.50 bits per heavy atom. The Bertz CT molecular complexity index is 434. The fourth-order valence-electron chi connectivity index (χ4n) is 2.12. The molecule has 0 aliphatic carbocycles. The van der Waals surface area contributed by atoms with Crippen LogP contribution in [0.1, 0.15) is 12.8 Å². The van der Waals surface area contributed by atoms with Crippen LogP contribution in [-0.4, -0.2) is 54.0 Å². The van der Waals surface area contributed by atoms with Crippen LogP contribution in [0.2, 0.25) is 0 Å². The van der Waals surface area contributed by atoms with Gasteiger partial charge in [-0.25, -0.2) is 22.0 Å². The zero-order valence-electron chi connectivity index (χ0n) is 9.45. The molecular formula is C7H9F2N2NaO5S. The summed E-state index contributed by atoms with van der Waals surface area (Å²) in [6.07, 6.45) is -2.48. The molecule has 0 aromatic rings. The number of rotatable bonds is 3. The summed E-state index contributed by atoms with van der Waals surface area (Å²) in [6.45, 7) is -0.0522. The van der Waals surface area contributed by atoms with Crippen molar-refractivity contribution in [2.45, 2.75) is 31.4 Å². The Labute approximate surface area is 124 Å². The molecule has 2 rings (SSSR count). The fourth-order valence-corrected chi connectivity index (χ4v) is 2.50. The number of hydrogen-bond acceptors (Lipinski definition) is 5. The van der Waals surface area contributed by atoms with Crippen LogP contribution in [-0.2, 0) is 14.7 Å². The Morgan fingerprint density at radius 1 is 1.39 bits per heavy atom. The van der Waals surface area contributed by atoms with E-state index in [1.165, 1.54) is 0 Å². The van der Waals surface area contributed by atoms with E-state index in [0.717, 1.165) is 4.90 Å². The second kappa shape index (κ2) is 5.55. The number of alkyl halides is 2. The quantitative estimate of drug-likeness (QED) is 0.313. The van der Waals surface area contributed by atoms with Crippen molar-refractivity contribution >= 4 is 16.4 Å². The third-order valence-corrected chi connectivity index (χ3v) is 3.17. The Balaban J connectivity index is 0.00000162. The van der Waals surface area contributed by atoms with Crippen molar-refractivity contribution in [3.8, 4) is 0 Å². The summed E-state index contributed by atoms with van der Waals surface area (Å²) in [5, 5.41) is 0.380. The van der Waals surface area contributed by atoms with Crippen LogP contribution in [0.5, 0.6) is 0 Å². The standard InChI is InChI=1S/C7H10F2N2O5S.Na/c8-6(9)5-2-1-4-3-10(5)7(12)11(4)16-17(13,14)15;/h4-6H,1-3H2,(H,13,14,15);/q;+1/p-1. The molecule has 2 aliphatic heterocycles. The van der Waals surface area contributed by atoms with Crippen LogP contribution >= 0.6 is 0 Å². The van der Waals surface area contributed by atoms with Crippen LogP contribution < -0.4 is 29.6 Å². The number of piperidine rings is 1. The van der Waals surface area contributed by atoms with Crippen molar-refractivity contribution in [1.29, 1.82) is 0 Å². The zero-order valence-corrected chi connectivity index (χ0v) is 12.3. The average molecular weight is 294 g/mol. The molecule has 2 saturated heterocycles. The number of carbonyl (C=O) groups excluding carboxylic acids is 1. The third kappa shape index (κ3) is 3.11. The van der Waals surface area contributed by atoms with E-state index in [2.05, 4.69) is 4.28 Å². The van der Waals surface area contributed by atoms with Gasteiger partial charge in [-0.3, -0.25) is 0 Å². The van der Waals surface area contributed by atoms with Gasteiger partial charge in [0.2, 0.25) is 10.4 Å². The maximum absolute atomic E-state index is 12.6. The summed E-state index contributed by atoms with van der Waals surface area (Å²) in [5.74, 6) is 0. The largest absolute Gasteiger partial charge is 1.00 e. The van der Waals surface area contributed by atoms with Crippen molar-refractivity contribution in [2.24, 2.45) is 0 Å². The first-order valence-electron chi connectivity index (χ1n) is 4.83. The molecule has 0 spiro atoms. The molecule has 0 aromatic heterocycles. The molecule has 98 valence electrons. The molecule has 2 atom stereocenters. The minimum Gasteiger partial charge on any atom is -0.724 e. The average Bonchev–Trinajstić information content (AvgIpc) is 2.42. The van der Waals surface area contributed by atoms with Crippen molar-refractivity contribution < 1.29 is 60.4 Å². The third-order valence-electron chi connectivity index (χ3n) is 2.83. The first-order chi connectivity index (χ1) is 7.79. The van der Waals surface area contributed by atoms with E-state index in [9.17, 15) is 26.5 Å². The molecule has 0 N–H and O–H groups in total. The van der Waals surface area contributed by atoms with Gasteiger partial charge in [0, 0.05) is 6.54 Å². The van der Waals surface area contributed by atoms with Crippen molar-refractivity contribution in [3.05, 3.63) is 0 Å². The molecular weight excluding hydrogens is 285 g/mol. The number of urea groups is 1. The van der Waals surface area contributed by atoms with Gasteiger partial charge in [0.15, 0.2) is 0 Å². The summed E-state index contributed by atoms with van der Waals surface area (Å²) < 4.78 is 60.3. The van der Waals surface area contributed by atoms with Crippen LogP contribution in [0.4, 0.5) is 13.6 Å². The van der Waals surface area contributed by atoms with Crippen LogP contribution in [0.3, 0.4) is 0 Å². The van der Waals surface area contributed by atoms with Crippen LogP contribution in [0.15, 0.2) is 0 Å². The van der Waals surface area contributed by atoms with Gasteiger partial charge in [-0.15, -0.1) is 0 Å². The van der Waals surface area contributed by atoms with Gasteiger partial charge in [0.05, 0.1) is 12.1 Å². The van der Waals surface area contributed by atoms with Crippen LogP contribution in [0, 0.1) is 0 Å².